The molecule has 0 N–H and O–H groups in total. The zero-order valence-corrected chi connectivity index (χ0v) is 9.46. The number of halogens is 2. The van der Waals surface area contributed by atoms with Gasteiger partial charge in [0, 0.05) is 10.0 Å². The van der Waals surface area contributed by atoms with Crippen LogP contribution in [0.4, 0.5) is 0 Å². The van der Waals surface area contributed by atoms with Gasteiger partial charge in [0.25, 0.3) is 0 Å². The third kappa shape index (κ3) is 2.77. The van der Waals surface area contributed by atoms with Gasteiger partial charge >= 0.3 is 0 Å². The summed E-state index contributed by atoms with van der Waals surface area (Å²) in [5, 5.41) is 1.33. The molecule has 0 saturated carbocycles. The Labute approximate surface area is 100 Å². The van der Waals surface area contributed by atoms with E-state index in [9.17, 15) is 0 Å². The Kier molecular flexibility index (Phi) is 3.35. The van der Waals surface area contributed by atoms with E-state index in [4.69, 9.17) is 23.2 Å². The van der Waals surface area contributed by atoms with Crippen LogP contribution in [0.3, 0.4) is 0 Å². The normalized spacial score (nSPS) is 10.0. The maximum atomic E-state index is 6.06. The first-order valence-corrected chi connectivity index (χ1v) is 5.36. The van der Waals surface area contributed by atoms with Gasteiger partial charge in [0.2, 0.25) is 0 Å². The molecule has 0 aliphatic rings. The van der Waals surface area contributed by atoms with Gasteiger partial charge in [0.05, 0.1) is 0 Å². The molecular formula is C12H8BCl2. The molecule has 73 valence electrons. The number of rotatable bonds is 2. The van der Waals surface area contributed by atoms with Crippen LogP contribution in [-0.2, 0) is 0 Å². The van der Waals surface area contributed by atoms with Gasteiger partial charge in [0.15, 0.2) is 7.28 Å². The molecule has 0 atom stereocenters. The van der Waals surface area contributed by atoms with Crippen LogP contribution < -0.4 is 10.9 Å². The van der Waals surface area contributed by atoms with E-state index in [1.807, 2.05) is 49.7 Å². The number of benzene rings is 2. The van der Waals surface area contributed by atoms with E-state index in [0.717, 1.165) is 10.9 Å². The molecule has 1 radical (unpaired) electrons. The Morgan fingerprint density at radius 2 is 1.60 bits per heavy atom. The fraction of sp³-hybridized carbons (Fsp3) is 0. The molecule has 0 bridgehead atoms. The molecule has 0 amide bonds. The highest BCUT2D eigenvalue weighted by atomic mass is 35.5. The molecule has 2 aromatic carbocycles. The Balaban J connectivity index is 2.25. The van der Waals surface area contributed by atoms with Crippen LogP contribution in [0.1, 0.15) is 0 Å². The van der Waals surface area contributed by atoms with Crippen molar-refractivity contribution >= 4 is 41.4 Å². The maximum Gasteiger partial charge on any atom is 0.193 e. The van der Waals surface area contributed by atoms with E-state index in [2.05, 4.69) is 0 Å². The number of hydrogen-bond donors (Lipinski definition) is 0. The molecule has 0 unspecified atom stereocenters. The molecule has 0 nitrogen and oxygen atoms in total. The second-order valence-electron chi connectivity index (χ2n) is 3.22. The van der Waals surface area contributed by atoms with Crippen molar-refractivity contribution in [2.75, 3.05) is 0 Å². The summed E-state index contributed by atoms with van der Waals surface area (Å²) in [6.07, 6.45) is 0. The van der Waals surface area contributed by atoms with Crippen LogP contribution >= 0.6 is 23.2 Å². The minimum absolute atomic E-state index is 0.658. The first kappa shape index (κ1) is 10.6. The van der Waals surface area contributed by atoms with Crippen molar-refractivity contribution in [3.8, 4) is 0 Å². The SMILES string of the molecule is Clc1ccc([B]c2ccccc2)c(Cl)c1. The van der Waals surface area contributed by atoms with E-state index < -0.39 is 0 Å². The average Bonchev–Trinajstić information content (AvgIpc) is 2.24. The summed E-state index contributed by atoms with van der Waals surface area (Å²) >= 11 is 11.9. The summed E-state index contributed by atoms with van der Waals surface area (Å²) in [7, 11) is 2.03. The fourth-order valence-corrected chi connectivity index (χ4v) is 1.81. The molecule has 0 heterocycles. The molecule has 0 spiro atoms. The molecule has 0 fully saturated rings. The number of hydrogen-bond acceptors (Lipinski definition) is 0. The highest BCUT2D eigenvalue weighted by Gasteiger charge is 2.03. The zero-order chi connectivity index (χ0) is 10.7. The van der Waals surface area contributed by atoms with Gasteiger partial charge in [-0.15, -0.1) is 0 Å². The largest absolute Gasteiger partial charge is 0.193 e. The monoisotopic (exact) mass is 233 g/mol. The van der Waals surface area contributed by atoms with Crippen LogP contribution in [-0.4, -0.2) is 7.28 Å². The van der Waals surface area contributed by atoms with E-state index in [1.165, 1.54) is 0 Å². The standard InChI is InChI=1S/C12H8BCl2/c14-10-6-7-11(12(15)8-10)13-9-4-2-1-3-5-9/h1-8H. The van der Waals surface area contributed by atoms with Crippen molar-refractivity contribution < 1.29 is 0 Å². The third-order valence-electron chi connectivity index (χ3n) is 2.08. The van der Waals surface area contributed by atoms with E-state index in [-0.39, 0.29) is 0 Å². The molecule has 2 aromatic rings. The van der Waals surface area contributed by atoms with Crippen molar-refractivity contribution in [1.82, 2.24) is 0 Å². The van der Waals surface area contributed by atoms with Gasteiger partial charge < -0.3 is 0 Å². The van der Waals surface area contributed by atoms with Gasteiger partial charge in [-0.3, -0.25) is 0 Å². The van der Waals surface area contributed by atoms with E-state index in [0.29, 0.717) is 10.0 Å². The molecule has 0 aliphatic heterocycles. The molecule has 15 heavy (non-hydrogen) atoms. The van der Waals surface area contributed by atoms with Crippen molar-refractivity contribution in [2.45, 2.75) is 0 Å². The highest BCUT2D eigenvalue weighted by molar-refractivity contribution is 6.70. The first-order chi connectivity index (χ1) is 7.25. The van der Waals surface area contributed by atoms with Crippen molar-refractivity contribution in [1.29, 1.82) is 0 Å². The molecular weight excluding hydrogens is 226 g/mol. The predicted octanol–water partition coefficient (Wildman–Crippen LogP) is 2.65. The van der Waals surface area contributed by atoms with Crippen molar-refractivity contribution in [2.24, 2.45) is 0 Å². The lowest BCUT2D eigenvalue weighted by atomic mass is 9.64. The summed E-state index contributed by atoms with van der Waals surface area (Å²) in [4.78, 5) is 0. The van der Waals surface area contributed by atoms with Gasteiger partial charge in [-0.05, 0) is 12.1 Å². The second kappa shape index (κ2) is 4.74. The summed E-state index contributed by atoms with van der Waals surface area (Å²) in [6.45, 7) is 0. The van der Waals surface area contributed by atoms with Crippen LogP contribution in [0, 0.1) is 0 Å². The lowest BCUT2D eigenvalue weighted by Crippen LogP contribution is -2.27. The van der Waals surface area contributed by atoms with Gasteiger partial charge in [-0.2, -0.15) is 0 Å². The van der Waals surface area contributed by atoms with Crippen LogP contribution in [0.15, 0.2) is 48.5 Å². The Bertz CT molecular complexity index is 454. The van der Waals surface area contributed by atoms with Crippen molar-refractivity contribution in [3.63, 3.8) is 0 Å². The Morgan fingerprint density at radius 1 is 0.867 bits per heavy atom. The second-order valence-corrected chi connectivity index (χ2v) is 4.06. The van der Waals surface area contributed by atoms with E-state index in [1.54, 1.807) is 6.07 Å². The first-order valence-electron chi connectivity index (χ1n) is 4.60. The molecule has 3 heteroatoms. The zero-order valence-electron chi connectivity index (χ0n) is 7.95. The summed E-state index contributed by atoms with van der Waals surface area (Å²) in [5.74, 6) is 0. The minimum Gasteiger partial charge on any atom is -0.0849 e. The molecule has 0 aliphatic carbocycles. The molecule has 2 rings (SSSR count). The summed E-state index contributed by atoms with van der Waals surface area (Å²) in [5.41, 5.74) is 2.11. The quantitative estimate of drug-likeness (QED) is 0.700. The van der Waals surface area contributed by atoms with Crippen LogP contribution in [0.5, 0.6) is 0 Å². The van der Waals surface area contributed by atoms with Gasteiger partial charge in [-0.25, -0.2) is 0 Å². The van der Waals surface area contributed by atoms with Crippen LogP contribution in [0.2, 0.25) is 10.0 Å². The molecule has 0 aromatic heterocycles. The van der Waals surface area contributed by atoms with Gasteiger partial charge in [0.1, 0.15) is 0 Å². The average molecular weight is 234 g/mol. The smallest absolute Gasteiger partial charge is 0.0849 e. The van der Waals surface area contributed by atoms with Crippen LogP contribution in [0.25, 0.3) is 0 Å². The third-order valence-corrected chi connectivity index (χ3v) is 2.65. The lowest BCUT2D eigenvalue weighted by Gasteiger charge is -2.03. The lowest BCUT2D eigenvalue weighted by molar-refractivity contribution is 1.74. The highest BCUT2D eigenvalue weighted by Crippen LogP contribution is 2.12. The summed E-state index contributed by atoms with van der Waals surface area (Å²) < 4.78 is 0. The Morgan fingerprint density at radius 3 is 2.27 bits per heavy atom. The fourth-order valence-electron chi connectivity index (χ4n) is 1.35. The summed E-state index contributed by atoms with van der Waals surface area (Å²) in [6, 6.07) is 15.5. The van der Waals surface area contributed by atoms with Crippen molar-refractivity contribution in [3.05, 3.63) is 58.6 Å². The topological polar surface area (TPSA) is 0 Å². The van der Waals surface area contributed by atoms with Gasteiger partial charge in [-0.1, -0.05) is 70.5 Å². The van der Waals surface area contributed by atoms with E-state index >= 15 is 0 Å². The Hall–Kier alpha value is -0.915. The maximum absolute atomic E-state index is 6.06. The predicted molar refractivity (Wildman–Crippen MR) is 67.9 cm³/mol. The molecule has 0 saturated heterocycles. The minimum atomic E-state index is 0.658.